The Hall–Kier alpha value is -4.62. The van der Waals surface area contributed by atoms with Gasteiger partial charge < -0.3 is 15.5 Å². The fourth-order valence-corrected chi connectivity index (χ4v) is 5.26. The molecule has 38 heavy (non-hydrogen) atoms. The number of nitrogens with zero attached hydrogens (tertiary/aromatic N) is 1. The Bertz CT molecular complexity index is 1530. The van der Waals surface area contributed by atoms with E-state index in [4.69, 9.17) is 0 Å². The summed E-state index contributed by atoms with van der Waals surface area (Å²) in [4.78, 5) is 40.8. The quantitative estimate of drug-likeness (QED) is 0.323. The minimum atomic E-state index is -0.224. The van der Waals surface area contributed by atoms with E-state index < -0.39 is 0 Å². The molecule has 0 bridgehead atoms. The largest absolute Gasteiger partial charge is 0.322 e. The molecular formula is C31H25N3O3S. The van der Waals surface area contributed by atoms with Gasteiger partial charge in [-0.15, -0.1) is 0 Å². The zero-order chi connectivity index (χ0) is 26.5. The molecule has 0 atom stereocenters. The minimum Gasteiger partial charge on any atom is -0.322 e. The van der Waals surface area contributed by atoms with E-state index >= 15 is 0 Å². The molecule has 1 aliphatic rings. The van der Waals surface area contributed by atoms with Crippen LogP contribution in [0.15, 0.2) is 119 Å². The van der Waals surface area contributed by atoms with Gasteiger partial charge in [0.15, 0.2) is 0 Å². The van der Waals surface area contributed by atoms with Gasteiger partial charge in [-0.25, -0.2) is 0 Å². The number of carbonyl (C=O) groups excluding carboxylic acids is 3. The molecule has 188 valence electrons. The highest BCUT2D eigenvalue weighted by Gasteiger charge is 2.23. The van der Waals surface area contributed by atoms with Gasteiger partial charge in [0.1, 0.15) is 0 Å². The first-order valence-electron chi connectivity index (χ1n) is 12.1. The van der Waals surface area contributed by atoms with Gasteiger partial charge in [0.25, 0.3) is 11.8 Å². The van der Waals surface area contributed by atoms with E-state index in [1.807, 2.05) is 78.9 Å². The first-order valence-corrected chi connectivity index (χ1v) is 12.9. The Morgan fingerprint density at radius 1 is 0.763 bits per heavy atom. The SMILES string of the molecule is CC(=O)NC1=CCN(C(=O)c2ccc(NC(=O)c3ccccc3-c3ccccc3)cc2)c2ccccc2S1. The summed E-state index contributed by atoms with van der Waals surface area (Å²) in [5.74, 6) is -0.562. The molecule has 0 spiro atoms. The number of para-hydroxylation sites is 1. The number of nitrogens with one attached hydrogen (secondary N) is 2. The van der Waals surface area contributed by atoms with Crippen molar-refractivity contribution in [2.45, 2.75) is 11.8 Å². The number of hydrogen-bond donors (Lipinski definition) is 2. The predicted octanol–water partition coefficient (Wildman–Crippen LogP) is 6.34. The van der Waals surface area contributed by atoms with Crippen molar-refractivity contribution in [2.75, 3.05) is 16.8 Å². The molecule has 6 nitrogen and oxygen atoms in total. The summed E-state index contributed by atoms with van der Waals surface area (Å²) in [6, 6.07) is 31.7. The second kappa shape index (κ2) is 11.2. The molecule has 0 aromatic heterocycles. The van der Waals surface area contributed by atoms with Gasteiger partial charge in [0.05, 0.1) is 10.7 Å². The third-order valence-electron chi connectivity index (χ3n) is 6.03. The third kappa shape index (κ3) is 5.53. The van der Waals surface area contributed by atoms with Gasteiger partial charge in [-0.2, -0.15) is 0 Å². The number of hydrogen-bond acceptors (Lipinski definition) is 4. The van der Waals surface area contributed by atoms with Gasteiger partial charge in [0, 0.05) is 35.2 Å². The molecule has 0 radical (unpaired) electrons. The van der Waals surface area contributed by atoms with Gasteiger partial charge in [-0.3, -0.25) is 14.4 Å². The molecule has 1 heterocycles. The van der Waals surface area contributed by atoms with E-state index in [0.29, 0.717) is 28.4 Å². The Kier molecular flexibility index (Phi) is 7.38. The molecule has 4 aromatic carbocycles. The maximum absolute atomic E-state index is 13.5. The number of amides is 3. The first kappa shape index (κ1) is 25.0. The van der Waals surface area contributed by atoms with Crippen LogP contribution in [0.2, 0.25) is 0 Å². The monoisotopic (exact) mass is 519 g/mol. The molecule has 3 amide bonds. The second-order valence-corrected chi connectivity index (χ2v) is 9.76. The Morgan fingerprint density at radius 2 is 1.45 bits per heavy atom. The highest BCUT2D eigenvalue weighted by atomic mass is 32.2. The minimum absolute atomic E-state index is 0.162. The maximum atomic E-state index is 13.5. The van der Waals surface area contributed by atoms with Gasteiger partial charge in [-0.1, -0.05) is 72.4 Å². The zero-order valence-electron chi connectivity index (χ0n) is 20.7. The fourth-order valence-electron chi connectivity index (χ4n) is 4.24. The van der Waals surface area contributed by atoms with Crippen molar-refractivity contribution in [1.29, 1.82) is 0 Å². The fraction of sp³-hybridized carbons (Fsp3) is 0.0645. The lowest BCUT2D eigenvalue weighted by Gasteiger charge is -2.22. The van der Waals surface area contributed by atoms with Crippen LogP contribution in [0.1, 0.15) is 27.6 Å². The van der Waals surface area contributed by atoms with Crippen LogP contribution in [-0.2, 0) is 4.79 Å². The Balaban J connectivity index is 1.35. The predicted molar refractivity (Wildman–Crippen MR) is 152 cm³/mol. The topological polar surface area (TPSA) is 78.5 Å². The average molecular weight is 520 g/mol. The van der Waals surface area contributed by atoms with Crippen molar-refractivity contribution in [1.82, 2.24) is 5.32 Å². The van der Waals surface area contributed by atoms with Crippen molar-refractivity contribution in [3.05, 3.63) is 125 Å². The van der Waals surface area contributed by atoms with E-state index in [0.717, 1.165) is 21.7 Å². The maximum Gasteiger partial charge on any atom is 0.258 e. The molecule has 0 fully saturated rings. The van der Waals surface area contributed by atoms with Gasteiger partial charge >= 0.3 is 0 Å². The Labute approximate surface area is 225 Å². The van der Waals surface area contributed by atoms with Crippen molar-refractivity contribution in [3.8, 4) is 11.1 Å². The van der Waals surface area contributed by atoms with Crippen LogP contribution >= 0.6 is 11.8 Å². The van der Waals surface area contributed by atoms with E-state index in [2.05, 4.69) is 10.6 Å². The normalized spacial score (nSPS) is 12.6. The average Bonchev–Trinajstić information content (AvgIpc) is 3.12. The molecule has 5 rings (SSSR count). The highest BCUT2D eigenvalue weighted by Crippen LogP contribution is 2.37. The molecular weight excluding hydrogens is 494 g/mol. The second-order valence-electron chi connectivity index (χ2n) is 8.68. The summed E-state index contributed by atoms with van der Waals surface area (Å²) < 4.78 is 0. The standard InChI is InChI=1S/C31H25N3O3S/c1-21(35)32-29-19-20-34(27-13-7-8-14-28(27)38-29)31(37)23-15-17-24(18-16-23)33-30(36)26-12-6-5-11-25(26)22-9-3-2-4-10-22/h2-19H,20H2,1H3,(H,32,35)(H,33,36). The van der Waals surface area contributed by atoms with Crippen LogP contribution in [0.5, 0.6) is 0 Å². The molecule has 0 saturated heterocycles. The van der Waals surface area contributed by atoms with Crippen LogP contribution in [0.25, 0.3) is 11.1 Å². The lowest BCUT2D eigenvalue weighted by Crippen LogP contribution is -2.31. The van der Waals surface area contributed by atoms with Crippen LogP contribution < -0.4 is 15.5 Å². The zero-order valence-corrected chi connectivity index (χ0v) is 21.5. The molecule has 7 heteroatoms. The van der Waals surface area contributed by atoms with E-state index in [-0.39, 0.29) is 17.7 Å². The summed E-state index contributed by atoms with van der Waals surface area (Å²) in [5, 5.41) is 6.46. The first-order chi connectivity index (χ1) is 18.5. The van der Waals surface area contributed by atoms with Crippen LogP contribution in [0.4, 0.5) is 11.4 Å². The molecule has 4 aromatic rings. The van der Waals surface area contributed by atoms with E-state index in [9.17, 15) is 14.4 Å². The molecule has 0 unspecified atom stereocenters. The number of rotatable bonds is 5. The Morgan fingerprint density at radius 3 is 2.21 bits per heavy atom. The van der Waals surface area contributed by atoms with E-state index in [1.54, 1.807) is 35.2 Å². The summed E-state index contributed by atoms with van der Waals surface area (Å²) >= 11 is 1.42. The smallest absolute Gasteiger partial charge is 0.258 e. The number of fused-ring (bicyclic) bond motifs is 1. The van der Waals surface area contributed by atoms with Crippen molar-refractivity contribution in [3.63, 3.8) is 0 Å². The number of carbonyl (C=O) groups is 3. The van der Waals surface area contributed by atoms with Crippen LogP contribution in [-0.4, -0.2) is 24.3 Å². The van der Waals surface area contributed by atoms with Gasteiger partial charge in [0.2, 0.25) is 5.91 Å². The van der Waals surface area contributed by atoms with Crippen molar-refractivity contribution in [2.24, 2.45) is 0 Å². The van der Waals surface area contributed by atoms with Crippen molar-refractivity contribution >= 4 is 40.9 Å². The number of thioether (sulfide) groups is 1. The van der Waals surface area contributed by atoms with Gasteiger partial charge in [-0.05, 0) is 59.7 Å². The van der Waals surface area contributed by atoms with Crippen molar-refractivity contribution < 1.29 is 14.4 Å². The third-order valence-corrected chi connectivity index (χ3v) is 7.08. The van der Waals surface area contributed by atoms with Crippen LogP contribution in [0.3, 0.4) is 0 Å². The lowest BCUT2D eigenvalue weighted by molar-refractivity contribution is -0.118. The highest BCUT2D eigenvalue weighted by molar-refractivity contribution is 8.03. The summed E-state index contributed by atoms with van der Waals surface area (Å²) in [6.45, 7) is 1.77. The summed E-state index contributed by atoms with van der Waals surface area (Å²) in [7, 11) is 0. The molecule has 1 aliphatic heterocycles. The number of anilines is 2. The number of benzene rings is 4. The molecule has 0 aliphatic carbocycles. The lowest BCUT2D eigenvalue weighted by atomic mass is 9.99. The summed E-state index contributed by atoms with van der Waals surface area (Å²) in [6.07, 6.45) is 1.84. The van der Waals surface area contributed by atoms with E-state index in [1.165, 1.54) is 18.7 Å². The molecule has 0 saturated carbocycles. The van der Waals surface area contributed by atoms with Crippen LogP contribution in [0, 0.1) is 0 Å². The molecule has 2 N–H and O–H groups in total. The summed E-state index contributed by atoms with van der Waals surface area (Å²) in [5.41, 5.74) is 4.24.